The number of hydrogen-bond donors (Lipinski definition) is 1. The molecule has 0 aromatic heterocycles. The normalized spacial score (nSPS) is 20.0. The molecule has 0 aromatic carbocycles. The molecule has 126 valence electrons. The lowest BCUT2D eigenvalue weighted by Gasteiger charge is -2.28. The zero-order chi connectivity index (χ0) is 17.0. The van der Waals surface area contributed by atoms with Gasteiger partial charge in [0.15, 0.2) is 11.9 Å². The highest BCUT2D eigenvalue weighted by Crippen LogP contribution is 2.19. The largest absolute Gasteiger partial charge is 0.449 e. The standard InChI is InChI=1S/C14H19N3O5S/c1-3-6-15-13(18)10(2)22-14(19)11-5-4-7-17-8-9-23(20,21)16-12(11)17/h4-5,7,10H,3,6,8-9H2,1-2H3,(H,15,18)/t10-/m1/s1. The Kier molecular flexibility index (Phi) is 5.19. The second-order valence-electron chi connectivity index (χ2n) is 5.15. The van der Waals surface area contributed by atoms with Crippen LogP contribution in [-0.2, 0) is 24.3 Å². The smallest absolute Gasteiger partial charge is 0.342 e. The molecule has 0 saturated carbocycles. The van der Waals surface area contributed by atoms with Gasteiger partial charge in [-0.25, -0.2) is 13.2 Å². The monoisotopic (exact) mass is 341 g/mol. The third kappa shape index (κ3) is 4.19. The van der Waals surface area contributed by atoms with Crippen molar-refractivity contribution in [3.8, 4) is 0 Å². The molecule has 1 N–H and O–H groups in total. The van der Waals surface area contributed by atoms with Crippen molar-refractivity contribution in [2.45, 2.75) is 26.4 Å². The molecule has 2 aliphatic rings. The quantitative estimate of drug-likeness (QED) is 0.703. The Balaban J connectivity index is 2.12. The highest BCUT2D eigenvalue weighted by atomic mass is 32.2. The Morgan fingerprint density at radius 3 is 2.91 bits per heavy atom. The van der Waals surface area contributed by atoms with E-state index in [4.69, 9.17) is 4.74 Å². The van der Waals surface area contributed by atoms with E-state index in [-0.39, 0.29) is 23.7 Å². The second kappa shape index (κ2) is 6.95. The fourth-order valence-corrected chi connectivity index (χ4v) is 3.03. The van der Waals surface area contributed by atoms with Crippen LogP contribution in [-0.4, -0.2) is 56.0 Å². The van der Waals surface area contributed by atoms with Crippen molar-refractivity contribution >= 4 is 27.7 Å². The number of amides is 1. The summed E-state index contributed by atoms with van der Waals surface area (Å²) >= 11 is 0. The molecule has 0 bridgehead atoms. The van der Waals surface area contributed by atoms with E-state index >= 15 is 0 Å². The first-order valence-corrected chi connectivity index (χ1v) is 8.92. The van der Waals surface area contributed by atoms with E-state index in [9.17, 15) is 18.0 Å². The molecule has 23 heavy (non-hydrogen) atoms. The van der Waals surface area contributed by atoms with Crippen molar-refractivity contribution < 1.29 is 22.7 Å². The highest BCUT2D eigenvalue weighted by Gasteiger charge is 2.32. The van der Waals surface area contributed by atoms with E-state index in [2.05, 4.69) is 9.71 Å². The number of rotatable bonds is 5. The fourth-order valence-electron chi connectivity index (χ4n) is 2.04. The van der Waals surface area contributed by atoms with Gasteiger partial charge in [-0.1, -0.05) is 6.92 Å². The van der Waals surface area contributed by atoms with Gasteiger partial charge in [0.05, 0.1) is 5.75 Å². The number of esters is 1. The lowest BCUT2D eigenvalue weighted by molar-refractivity contribution is -0.150. The number of carbonyl (C=O) groups is 2. The number of sulfonamides is 1. The average molecular weight is 341 g/mol. The zero-order valence-electron chi connectivity index (χ0n) is 13.0. The third-order valence-corrected chi connectivity index (χ3v) is 4.43. The maximum atomic E-state index is 12.2. The predicted octanol–water partition coefficient (Wildman–Crippen LogP) is -0.0581. The van der Waals surface area contributed by atoms with Crippen LogP contribution >= 0.6 is 0 Å². The minimum absolute atomic E-state index is 0.0194. The molecule has 2 aliphatic heterocycles. The fraction of sp³-hybridized carbons (Fsp3) is 0.500. The molecule has 0 fully saturated rings. The topological polar surface area (TPSA) is 105 Å². The van der Waals surface area contributed by atoms with Gasteiger partial charge in [0.2, 0.25) is 0 Å². The first kappa shape index (κ1) is 17.2. The van der Waals surface area contributed by atoms with Crippen molar-refractivity contribution in [1.82, 2.24) is 10.2 Å². The van der Waals surface area contributed by atoms with E-state index in [1.54, 1.807) is 17.2 Å². The van der Waals surface area contributed by atoms with Gasteiger partial charge >= 0.3 is 5.97 Å². The molecular weight excluding hydrogens is 322 g/mol. The number of nitrogens with zero attached hydrogens (tertiary/aromatic N) is 2. The Morgan fingerprint density at radius 1 is 1.48 bits per heavy atom. The van der Waals surface area contributed by atoms with E-state index in [1.807, 2.05) is 6.92 Å². The van der Waals surface area contributed by atoms with Gasteiger partial charge in [-0.05, 0) is 25.5 Å². The molecule has 0 aromatic rings. The summed E-state index contributed by atoms with van der Waals surface area (Å²) in [6.45, 7) is 4.07. The van der Waals surface area contributed by atoms with Crippen molar-refractivity contribution in [2.75, 3.05) is 18.8 Å². The van der Waals surface area contributed by atoms with Gasteiger partial charge in [0.25, 0.3) is 15.9 Å². The summed E-state index contributed by atoms with van der Waals surface area (Å²) in [5.74, 6) is -1.26. The third-order valence-electron chi connectivity index (χ3n) is 3.28. The summed E-state index contributed by atoms with van der Waals surface area (Å²) in [5, 5.41) is 2.62. The lowest BCUT2D eigenvalue weighted by Crippen LogP contribution is -2.42. The molecule has 0 spiro atoms. The molecule has 8 nitrogen and oxygen atoms in total. The van der Waals surface area contributed by atoms with Gasteiger partial charge in [-0.2, -0.15) is 0 Å². The van der Waals surface area contributed by atoms with Crippen LogP contribution in [0, 0.1) is 0 Å². The highest BCUT2D eigenvalue weighted by molar-refractivity contribution is 7.90. The first-order chi connectivity index (χ1) is 10.8. The van der Waals surface area contributed by atoms with Crippen LogP contribution in [0.15, 0.2) is 28.3 Å². The minimum Gasteiger partial charge on any atom is -0.449 e. The van der Waals surface area contributed by atoms with E-state index in [0.717, 1.165) is 6.42 Å². The van der Waals surface area contributed by atoms with Crippen molar-refractivity contribution in [3.05, 3.63) is 23.9 Å². The summed E-state index contributed by atoms with van der Waals surface area (Å²) in [7, 11) is -3.59. The van der Waals surface area contributed by atoms with Crippen LogP contribution in [0.3, 0.4) is 0 Å². The minimum atomic E-state index is -3.59. The number of carbonyl (C=O) groups excluding carboxylic acids is 2. The number of amidine groups is 1. The van der Waals surface area contributed by atoms with Gasteiger partial charge in [0, 0.05) is 19.3 Å². The van der Waals surface area contributed by atoms with Crippen LogP contribution in [0.5, 0.6) is 0 Å². The molecule has 0 unspecified atom stereocenters. The van der Waals surface area contributed by atoms with Gasteiger partial charge in [-0.3, -0.25) is 4.79 Å². The average Bonchev–Trinajstić information content (AvgIpc) is 2.50. The van der Waals surface area contributed by atoms with Crippen molar-refractivity contribution in [3.63, 3.8) is 0 Å². The summed E-state index contributed by atoms with van der Waals surface area (Å²) in [6.07, 6.45) is 4.47. The molecule has 0 radical (unpaired) electrons. The Hall–Kier alpha value is -2.16. The van der Waals surface area contributed by atoms with Crippen molar-refractivity contribution in [2.24, 2.45) is 4.40 Å². The number of fused-ring (bicyclic) bond motifs is 1. The van der Waals surface area contributed by atoms with Gasteiger partial charge in [-0.15, -0.1) is 4.40 Å². The van der Waals surface area contributed by atoms with Crippen LogP contribution in [0.2, 0.25) is 0 Å². The van der Waals surface area contributed by atoms with Crippen LogP contribution in [0.1, 0.15) is 20.3 Å². The lowest BCUT2D eigenvalue weighted by atomic mass is 10.1. The second-order valence-corrected chi connectivity index (χ2v) is 6.91. The van der Waals surface area contributed by atoms with Crippen molar-refractivity contribution in [1.29, 1.82) is 0 Å². The van der Waals surface area contributed by atoms with E-state index in [1.165, 1.54) is 13.0 Å². The van der Waals surface area contributed by atoms with Crippen LogP contribution in [0.25, 0.3) is 0 Å². The maximum Gasteiger partial charge on any atom is 0.342 e. The number of nitrogens with one attached hydrogen (secondary N) is 1. The summed E-state index contributed by atoms with van der Waals surface area (Å²) in [6, 6.07) is 0. The summed E-state index contributed by atoms with van der Waals surface area (Å²) in [5.41, 5.74) is 0.0194. The maximum absolute atomic E-state index is 12.2. The molecular formula is C14H19N3O5S. The Bertz CT molecular complexity index is 693. The number of allylic oxidation sites excluding steroid dienone is 2. The SMILES string of the molecule is CCCNC(=O)[C@@H](C)OC(=O)C1=CC=CN2CCS(=O)(=O)N=C12. The number of hydrogen-bond acceptors (Lipinski definition) is 6. The molecule has 1 atom stereocenters. The Labute approximate surface area is 134 Å². The van der Waals surface area contributed by atoms with Gasteiger partial charge in [0.1, 0.15) is 5.57 Å². The van der Waals surface area contributed by atoms with Crippen LogP contribution < -0.4 is 5.32 Å². The zero-order valence-corrected chi connectivity index (χ0v) is 13.8. The van der Waals surface area contributed by atoms with E-state index in [0.29, 0.717) is 6.54 Å². The summed E-state index contributed by atoms with van der Waals surface area (Å²) in [4.78, 5) is 25.6. The molecule has 2 heterocycles. The van der Waals surface area contributed by atoms with Gasteiger partial charge < -0.3 is 15.0 Å². The summed E-state index contributed by atoms with van der Waals surface area (Å²) < 4.78 is 32.0. The Morgan fingerprint density at radius 2 is 2.22 bits per heavy atom. The number of ether oxygens (including phenoxy) is 1. The molecule has 0 aliphatic carbocycles. The van der Waals surface area contributed by atoms with Crippen LogP contribution in [0.4, 0.5) is 0 Å². The molecule has 0 saturated heterocycles. The first-order valence-electron chi connectivity index (χ1n) is 7.31. The van der Waals surface area contributed by atoms with E-state index < -0.39 is 28.0 Å². The molecule has 2 rings (SSSR count). The molecule has 1 amide bonds. The predicted molar refractivity (Wildman–Crippen MR) is 84.0 cm³/mol. The molecule has 9 heteroatoms.